The van der Waals surface area contributed by atoms with E-state index in [1.807, 2.05) is 0 Å². The molecule has 1 aliphatic rings. The number of phenolic OH excluding ortho intramolecular Hbond substituents is 1. The summed E-state index contributed by atoms with van der Waals surface area (Å²) in [4.78, 5) is 1.16. The predicted molar refractivity (Wildman–Crippen MR) is 80.5 cm³/mol. The largest absolute Gasteiger partial charge is 0.506 e. The molecule has 0 saturated carbocycles. The van der Waals surface area contributed by atoms with Gasteiger partial charge in [0.15, 0.2) is 0 Å². The molecule has 0 aliphatic carbocycles. The Bertz CT molecular complexity index is 572. The predicted octanol–water partition coefficient (Wildman–Crippen LogP) is 2.76. The zero-order chi connectivity index (χ0) is 15.6. The lowest BCUT2D eigenvalue weighted by molar-refractivity contribution is -0.188. The van der Waals surface area contributed by atoms with E-state index in [1.165, 1.54) is 6.07 Å². The second-order valence-corrected chi connectivity index (χ2v) is 4.70. The summed E-state index contributed by atoms with van der Waals surface area (Å²) in [6.07, 6.45) is -4.64. The minimum Gasteiger partial charge on any atom is -0.506 e. The first-order valence-corrected chi connectivity index (χ1v) is 6.29. The van der Waals surface area contributed by atoms with Crippen LogP contribution in [0.2, 0.25) is 0 Å². The Hall–Kier alpha value is -1.27. The van der Waals surface area contributed by atoms with Gasteiger partial charge in [0.05, 0.1) is 0 Å². The average Bonchev–Trinajstić information content (AvgIpc) is 2.42. The van der Waals surface area contributed by atoms with Crippen LogP contribution in [0.15, 0.2) is 12.1 Å². The van der Waals surface area contributed by atoms with Crippen LogP contribution in [0.25, 0.3) is 0 Å². The first-order valence-electron chi connectivity index (χ1n) is 6.29. The second-order valence-electron chi connectivity index (χ2n) is 4.70. The fourth-order valence-corrected chi connectivity index (χ4v) is 2.43. The van der Waals surface area contributed by atoms with Crippen molar-refractivity contribution in [3.8, 4) is 11.8 Å². The molecule has 1 aromatic rings. The summed E-state index contributed by atoms with van der Waals surface area (Å²) >= 11 is 0. The maximum Gasteiger partial charge on any atom is 0.408 e. The molecular weight excluding hydrogens is 361 g/mol. The molecule has 0 bridgehead atoms. The number of benzene rings is 1. The van der Waals surface area contributed by atoms with Crippen molar-refractivity contribution in [3.63, 3.8) is 0 Å². The van der Waals surface area contributed by atoms with E-state index < -0.39 is 34.9 Å². The van der Waals surface area contributed by atoms with Gasteiger partial charge in [-0.05, 0) is 6.07 Å². The molecule has 0 unspecified atom stereocenters. The zero-order valence-electron chi connectivity index (χ0n) is 11.7. The summed E-state index contributed by atoms with van der Waals surface area (Å²) in [5.41, 5.74) is -1.26. The van der Waals surface area contributed by atoms with E-state index in [4.69, 9.17) is 5.26 Å². The van der Waals surface area contributed by atoms with Gasteiger partial charge in [-0.2, -0.15) is 18.4 Å². The van der Waals surface area contributed by atoms with Gasteiger partial charge in [-0.3, -0.25) is 4.90 Å². The van der Waals surface area contributed by atoms with E-state index >= 15 is 0 Å². The van der Waals surface area contributed by atoms with E-state index in [0.29, 0.717) is 13.1 Å². The molecule has 23 heavy (non-hydrogen) atoms. The number of nitrogens with zero attached hydrogens (tertiary/aromatic N) is 2. The van der Waals surface area contributed by atoms with E-state index in [0.717, 1.165) is 17.0 Å². The number of aromatic hydroxyl groups is 1. The molecule has 0 radical (unpaired) electrons. The number of piperazine rings is 1. The number of hydrogen-bond acceptors (Lipinski definition) is 4. The maximum atomic E-state index is 13.4. The highest BCUT2D eigenvalue weighted by atomic mass is 35.5. The molecule has 0 amide bonds. The van der Waals surface area contributed by atoms with Gasteiger partial charge in [0.1, 0.15) is 29.2 Å². The monoisotopic (exact) mass is 375 g/mol. The highest BCUT2D eigenvalue weighted by Gasteiger charge is 2.46. The van der Waals surface area contributed by atoms with Crippen LogP contribution >= 0.6 is 24.8 Å². The number of phenols is 1. The van der Waals surface area contributed by atoms with Crippen molar-refractivity contribution in [2.45, 2.75) is 12.2 Å². The van der Waals surface area contributed by atoms with Crippen LogP contribution in [0, 0.1) is 17.1 Å². The van der Waals surface area contributed by atoms with Crippen LogP contribution in [-0.4, -0.2) is 42.4 Å². The lowest BCUT2D eigenvalue weighted by atomic mass is 9.99. The Morgan fingerprint density at radius 1 is 1.22 bits per heavy atom. The smallest absolute Gasteiger partial charge is 0.408 e. The Balaban J connectivity index is 0.00000242. The van der Waals surface area contributed by atoms with Gasteiger partial charge in [-0.15, -0.1) is 24.8 Å². The zero-order valence-corrected chi connectivity index (χ0v) is 13.4. The van der Waals surface area contributed by atoms with Crippen molar-refractivity contribution >= 4 is 24.8 Å². The minimum atomic E-state index is -4.64. The summed E-state index contributed by atoms with van der Waals surface area (Å²) in [7, 11) is 0. The molecule has 10 heteroatoms. The van der Waals surface area contributed by atoms with Gasteiger partial charge in [-0.25, -0.2) is 4.39 Å². The third kappa shape index (κ3) is 4.61. The molecule has 0 spiro atoms. The van der Waals surface area contributed by atoms with Gasteiger partial charge in [0.25, 0.3) is 0 Å². The molecule has 1 atom stereocenters. The summed E-state index contributed by atoms with van der Waals surface area (Å²) in [5.74, 6) is -1.99. The molecule has 1 aromatic carbocycles. The molecule has 1 saturated heterocycles. The van der Waals surface area contributed by atoms with Crippen molar-refractivity contribution in [2.24, 2.45) is 0 Å². The number of halogens is 6. The van der Waals surface area contributed by atoms with Gasteiger partial charge < -0.3 is 10.4 Å². The normalized spacial score (nSPS) is 16.7. The van der Waals surface area contributed by atoms with Crippen LogP contribution < -0.4 is 5.32 Å². The summed E-state index contributed by atoms with van der Waals surface area (Å²) in [6, 6.07) is 0.980. The average molecular weight is 376 g/mol. The number of nitriles is 1. The molecule has 1 fully saturated rings. The van der Waals surface area contributed by atoms with Gasteiger partial charge in [0.2, 0.25) is 0 Å². The third-order valence-corrected chi connectivity index (χ3v) is 3.39. The fraction of sp³-hybridized carbons (Fsp3) is 0.462. The standard InChI is InChI=1S/C13H13F4N3O.2ClH/c14-10-2-1-8(11(21)9(10)7-18)12(13(15,16)17)20-5-3-19-4-6-20;;/h1-2,12,19,21H,3-6H2;2*1H/t12-;;/m1../s1. The van der Waals surface area contributed by atoms with Crippen LogP contribution in [0.1, 0.15) is 17.2 Å². The van der Waals surface area contributed by atoms with Crippen molar-refractivity contribution in [1.29, 1.82) is 5.26 Å². The third-order valence-electron chi connectivity index (χ3n) is 3.39. The summed E-state index contributed by atoms with van der Waals surface area (Å²) in [6.45, 7) is 1.06. The summed E-state index contributed by atoms with van der Waals surface area (Å²) < 4.78 is 53.4. The molecule has 2 rings (SSSR count). The highest BCUT2D eigenvalue weighted by Crippen LogP contribution is 2.42. The van der Waals surface area contributed by atoms with Crippen LogP contribution in [-0.2, 0) is 0 Å². The Labute approximate surface area is 142 Å². The van der Waals surface area contributed by atoms with Crippen molar-refractivity contribution in [1.82, 2.24) is 10.2 Å². The second kappa shape index (κ2) is 8.55. The van der Waals surface area contributed by atoms with E-state index in [2.05, 4.69) is 5.32 Å². The molecule has 2 N–H and O–H groups in total. The van der Waals surface area contributed by atoms with Gasteiger partial charge in [0, 0.05) is 31.7 Å². The molecule has 130 valence electrons. The molecule has 1 heterocycles. The molecular formula is C13H15Cl2F4N3O. The van der Waals surface area contributed by atoms with Crippen LogP contribution in [0.4, 0.5) is 17.6 Å². The van der Waals surface area contributed by atoms with Crippen LogP contribution in [0.5, 0.6) is 5.75 Å². The molecule has 0 aromatic heterocycles. The number of alkyl halides is 3. The van der Waals surface area contributed by atoms with E-state index in [9.17, 15) is 22.7 Å². The maximum absolute atomic E-state index is 13.4. The minimum absolute atomic E-state index is 0. The first kappa shape index (κ1) is 21.7. The highest BCUT2D eigenvalue weighted by molar-refractivity contribution is 5.85. The lowest BCUT2D eigenvalue weighted by Gasteiger charge is -2.36. The number of rotatable bonds is 2. The Morgan fingerprint density at radius 2 is 1.78 bits per heavy atom. The lowest BCUT2D eigenvalue weighted by Crippen LogP contribution is -2.49. The van der Waals surface area contributed by atoms with Crippen LogP contribution in [0.3, 0.4) is 0 Å². The van der Waals surface area contributed by atoms with Crippen molar-refractivity contribution in [2.75, 3.05) is 26.2 Å². The Morgan fingerprint density at radius 3 is 2.26 bits per heavy atom. The topological polar surface area (TPSA) is 59.3 Å². The van der Waals surface area contributed by atoms with E-state index in [-0.39, 0.29) is 37.9 Å². The number of nitrogens with one attached hydrogen (secondary N) is 1. The van der Waals surface area contributed by atoms with Gasteiger partial charge >= 0.3 is 6.18 Å². The van der Waals surface area contributed by atoms with E-state index in [1.54, 1.807) is 0 Å². The SMILES string of the molecule is Cl.Cl.N#Cc1c(F)ccc([C@@H](N2CCNCC2)C(F)(F)F)c1O. The van der Waals surface area contributed by atoms with Crippen molar-refractivity contribution < 1.29 is 22.7 Å². The quantitative estimate of drug-likeness (QED) is 0.780. The fourth-order valence-electron chi connectivity index (χ4n) is 2.43. The first-order chi connectivity index (χ1) is 9.86. The number of hydrogen-bond donors (Lipinski definition) is 2. The summed E-state index contributed by atoms with van der Waals surface area (Å²) in [5, 5.41) is 21.5. The van der Waals surface area contributed by atoms with Gasteiger partial charge in [-0.1, -0.05) is 6.07 Å². The van der Waals surface area contributed by atoms with Crippen molar-refractivity contribution in [3.05, 3.63) is 29.1 Å². The Kier molecular flexibility index (Phi) is 8.07. The molecule has 1 aliphatic heterocycles. The molecule has 4 nitrogen and oxygen atoms in total.